The summed E-state index contributed by atoms with van der Waals surface area (Å²) in [5.74, 6) is 0.616. The second-order valence-corrected chi connectivity index (χ2v) is 5.81. The van der Waals surface area contributed by atoms with Crippen molar-refractivity contribution in [1.29, 1.82) is 0 Å². The number of nitrogens with zero attached hydrogens (tertiary/aromatic N) is 1. The van der Waals surface area contributed by atoms with Crippen molar-refractivity contribution >= 4 is 33.4 Å². The Kier molecular flexibility index (Phi) is 10.3. The summed E-state index contributed by atoms with van der Waals surface area (Å²) in [6.45, 7) is 1.28. The summed E-state index contributed by atoms with van der Waals surface area (Å²) in [6, 6.07) is 0. The molecule has 8 heteroatoms. The third-order valence-corrected chi connectivity index (χ3v) is 4.00. The van der Waals surface area contributed by atoms with Crippen LogP contribution < -0.4 is 17.2 Å². The number of carbonyl (C=O) groups excluding carboxylic acids is 2. The first-order chi connectivity index (χ1) is 8.56. The molecule has 0 aliphatic heterocycles. The fraction of sp³-hybridized carbons (Fsp3) is 0.400. The van der Waals surface area contributed by atoms with Gasteiger partial charge in [0.1, 0.15) is 0 Å². The highest BCUT2D eigenvalue weighted by molar-refractivity contribution is 8.76. The number of hydrogen-bond acceptors (Lipinski definition) is 6. The summed E-state index contributed by atoms with van der Waals surface area (Å²) >= 11 is 0. The van der Waals surface area contributed by atoms with Crippen LogP contribution in [0.25, 0.3) is 0 Å². The second-order valence-electron chi connectivity index (χ2n) is 3.11. The van der Waals surface area contributed by atoms with Crippen molar-refractivity contribution in [1.82, 2.24) is 4.90 Å². The number of primary amides is 2. The van der Waals surface area contributed by atoms with Gasteiger partial charge in [-0.05, 0) is 0 Å². The van der Waals surface area contributed by atoms with Gasteiger partial charge in [0, 0.05) is 49.1 Å². The molecule has 6 nitrogen and oxygen atoms in total. The van der Waals surface area contributed by atoms with Crippen LogP contribution in [0.5, 0.6) is 0 Å². The maximum atomic E-state index is 10.6. The Balaban J connectivity index is 4.12. The molecule has 0 rings (SSSR count). The van der Waals surface area contributed by atoms with E-state index < -0.39 is 11.8 Å². The molecule has 0 aromatic carbocycles. The monoisotopic (exact) mass is 290 g/mol. The van der Waals surface area contributed by atoms with Crippen molar-refractivity contribution < 1.29 is 9.59 Å². The molecular weight excluding hydrogens is 272 g/mol. The average molecular weight is 290 g/mol. The van der Waals surface area contributed by atoms with E-state index in [0.717, 1.165) is 11.5 Å². The van der Waals surface area contributed by atoms with E-state index >= 15 is 0 Å². The molecule has 18 heavy (non-hydrogen) atoms. The van der Waals surface area contributed by atoms with Crippen LogP contribution in [0.3, 0.4) is 0 Å². The van der Waals surface area contributed by atoms with Gasteiger partial charge in [0.05, 0.1) is 0 Å². The van der Waals surface area contributed by atoms with Crippen LogP contribution >= 0.6 is 21.6 Å². The molecule has 0 aliphatic carbocycles. The first-order valence-electron chi connectivity index (χ1n) is 5.21. The Bertz CT molecular complexity index is 297. The summed E-state index contributed by atoms with van der Waals surface area (Å²) in [5.41, 5.74) is 15.4. The predicted molar refractivity (Wildman–Crippen MR) is 77.3 cm³/mol. The van der Waals surface area contributed by atoms with Crippen molar-refractivity contribution in [3.8, 4) is 0 Å². The molecule has 0 radical (unpaired) electrons. The molecule has 6 N–H and O–H groups in total. The minimum atomic E-state index is -0.544. The molecule has 0 aromatic rings. The van der Waals surface area contributed by atoms with Crippen LogP contribution in [-0.2, 0) is 9.59 Å². The highest BCUT2D eigenvalue weighted by Gasteiger charge is 1.97. The zero-order chi connectivity index (χ0) is 13.8. The smallest absolute Gasteiger partial charge is 0.242 e. The third-order valence-electron chi connectivity index (χ3n) is 1.58. The first kappa shape index (κ1) is 16.9. The van der Waals surface area contributed by atoms with Crippen molar-refractivity contribution in [2.24, 2.45) is 17.2 Å². The van der Waals surface area contributed by atoms with Crippen LogP contribution in [0.2, 0.25) is 0 Å². The van der Waals surface area contributed by atoms with Crippen LogP contribution in [0.1, 0.15) is 0 Å². The van der Waals surface area contributed by atoms with Crippen LogP contribution in [0.4, 0.5) is 0 Å². The van der Waals surface area contributed by atoms with Gasteiger partial charge < -0.3 is 22.1 Å². The SMILES string of the molecule is NCCSSCCN(C=CC(N)=O)C=CC(N)=O. The van der Waals surface area contributed by atoms with Gasteiger partial charge in [-0.15, -0.1) is 0 Å². The van der Waals surface area contributed by atoms with Gasteiger partial charge in [0.2, 0.25) is 11.8 Å². The van der Waals surface area contributed by atoms with Gasteiger partial charge in [-0.25, -0.2) is 0 Å². The molecule has 0 bridgehead atoms. The molecule has 0 atom stereocenters. The van der Waals surface area contributed by atoms with Gasteiger partial charge in [-0.3, -0.25) is 9.59 Å². The third kappa shape index (κ3) is 11.4. The Labute approximate surface area is 114 Å². The highest BCUT2D eigenvalue weighted by atomic mass is 33.1. The van der Waals surface area contributed by atoms with Crippen molar-refractivity contribution in [3.63, 3.8) is 0 Å². The molecule has 0 saturated heterocycles. The maximum Gasteiger partial charge on any atom is 0.242 e. The number of carbonyl (C=O) groups is 2. The van der Waals surface area contributed by atoms with Crippen molar-refractivity contribution in [2.45, 2.75) is 0 Å². The van der Waals surface area contributed by atoms with E-state index in [1.807, 2.05) is 0 Å². The van der Waals surface area contributed by atoms with E-state index in [4.69, 9.17) is 17.2 Å². The molecule has 0 aromatic heterocycles. The molecule has 0 fully saturated rings. The zero-order valence-electron chi connectivity index (χ0n) is 9.95. The molecule has 0 heterocycles. The molecule has 0 aliphatic rings. The van der Waals surface area contributed by atoms with Gasteiger partial charge in [0.25, 0.3) is 0 Å². The fourth-order valence-electron chi connectivity index (χ4n) is 0.846. The van der Waals surface area contributed by atoms with Gasteiger partial charge in [-0.1, -0.05) is 21.6 Å². The molecule has 2 amide bonds. The zero-order valence-corrected chi connectivity index (χ0v) is 11.6. The quantitative estimate of drug-likeness (QED) is 0.287. The lowest BCUT2D eigenvalue weighted by Crippen LogP contribution is -2.17. The van der Waals surface area contributed by atoms with Crippen LogP contribution in [-0.4, -0.2) is 41.3 Å². The summed E-state index contributed by atoms with van der Waals surface area (Å²) in [6.07, 6.45) is 5.47. The minimum Gasteiger partial charge on any atom is -0.366 e. The minimum absolute atomic E-state index is 0.544. The summed E-state index contributed by atoms with van der Waals surface area (Å²) in [5, 5.41) is 0. The Hall–Kier alpha value is -1.12. The normalized spacial score (nSPS) is 11.2. The summed E-state index contributed by atoms with van der Waals surface area (Å²) < 4.78 is 0. The van der Waals surface area contributed by atoms with E-state index in [2.05, 4.69) is 0 Å². The van der Waals surface area contributed by atoms with Crippen molar-refractivity contribution in [2.75, 3.05) is 24.6 Å². The molecule has 0 saturated carbocycles. The van der Waals surface area contributed by atoms with Gasteiger partial charge in [-0.2, -0.15) is 0 Å². The number of rotatable bonds is 10. The first-order valence-corrected chi connectivity index (χ1v) is 7.70. The highest BCUT2D eigenvalue weighted by Crippen LogP contribution is 2.19. The number of hydrogen-bond donors (Lipinski definition) is 3. The van der Waals surface area contributed by atoms with E-state index in [-0.39, 0.29) is 0 Å². The second kappa shape index (κ2) is 11.0. The Morgan fingerprint density at radius 2 is 1.50 bits per heavy atom. The van der Waals surface area contributed by atoms with Crippen LogP contribution in [0.15, 0.2) is 24.6 Å². The van der Waals surface area contributed by atoms with E-state index in [1.165, 1.54) is 24.6 Å². The average Bonchev–Trinajstić information content (AvgIpc) is 2.30. The van der Waals surface area contributed by atoms with E-state index in [0.29, 0.717) is 13.1 Å². The Morgan fingerprint density at radius 3 is 1.94 bits per heavy atom. The lowest BCUT2D eigenvalue weighted by Gasteiger charge is -2.14. The summed E-state index contributed by atoms with van der Waals surface area (Å²) in [7, 11) is 3.35. The molecule has 0 spiro atoms. The summed E-state index contributed by atoms with van der Waals surface area (Å²) in [4.78, 5) is 22.9. The lowest BCUT2D eigenvalue weighted by atomic mass is 10.5. The molecule has 0 unspecified atom stereocenters. The predicted octanol–water partition coefficient (Wildman–Crippen LogP) is -0.373. The Morgan fingerprint density at radius 1 is 1.00 bits per heavy atom. The molecular formula is C10H18N4O2S2. The van der Waals surface area contributed by atoms with Crippen molar-refractivity contribution in [3.05, 3.63) is 24.6 Å². The van der Waals surface area contributed by atoms with Gasteiger partial charge >= 0.3 is 0 Å². The largest absolute Gasteiger partial charge is 0.366 e. The standard InChI is InChI=1S/C10H18N4O2S2/c11-3-7-17-18-8-6-14(4-1-9(12)15)5-2-10(13)16/h1-2,4-5H,3,6-8,11H2,(H2,12,15)(H2,13,16). The van der Waals surface area contributed by atoms with E-state index in [1.54, 1.807) is 26.5 Å². The maximum absolute atomic E-state index is 10.6. The number of nitrogens with two attached hydrogens (primary N) is 3. The van der Waals surface area contributed by atoms with E-state index in [9.17, 15) is 9.59 Å². The molecule has 102 valence electrons. The lowest BCUT2D eigenvalue weighted by molar-refractivity contribution is -0.114. The number of amides is 2. The topological polar surface area (TPSA) is 115 Å². The van der Waals surface area contributed by atoms with Gasteiger partial charge in [0.15, 0.2) is 0 Å². The fourth-order valence-corrected chi connectivity index (χ4v) is 2.68. The van der Waals surface area contributed by atoms with Crippen LogP contribution in [0, 0.1) is 0 Å².